The number of nitro groups is 1. The molecule has 9 heteroatoms. The molecule has 150 valence electrons. The Morgan fingerprint density at radius 3 is 2.59 bits per heavy atom. The number of anilines is 1. The maximum atomic E-state index is 11.7. The Balaban J connectivity index is 1.63. The summed E-state index contributed by atoms with van der Waals surface area (Å²) >= 11 is 0. The molecule has 0 saturated carbocycles. The van der Waals surface area contributed by atoms with Gasteiger partial charge in [0.05, 0.1) is 16.2 Å². The maximum absolute atomic E-state index is 11.7. The molecule has 2 aliphatic rings. The molecule has 3 heterocycles. The second-order valence-electron chi connectivity index (χ2n) is 7.07. The summed E-state index contributed by atoms with van der Waals surface area (Å²) in [5.41, 5.74) is 2.05. The van der Waals surface area contributed by atoms with E-state index >= 15 is 0 Å². The molecule has 2 aromatic rings. The number of nitro benzene ring substituents is 1. The zero-order valence-electron chi connectivity index (χ0n) is 16.1. The van der Waals surface area contributed by atoms with Crippen LogP contribution in [0.4, 0.5) is 11.4 Å². The van der Waals surface area contributed by atoms with E-state index in [0.29, 0.717) is 34.1 Å². The SMILES string of the molecule is CC1=NOC(=O)/C1=C\c1ccc(-c2ccc(N3CCN(C)CC3)c([N+](=O)[O-])c2)o1. The van der Waals surface area contributed by atoms with Crippen LogP contribution in [0.1, 0.15) is 12.7 Å². The Morgan fingerprint density at radius 1 is 1.17 bits per heavy atom. The van der Waals surface area contributed by atoms with E-state index in [9.17, 15) is 14.9 Å². The van der Waals surface area contributed by atoms with Gasteiger partial charge in [-0.25, -0.2) is 4.79 Å². The summed E-state index contributed by atoms with van der Waals surface area (Å²) in [7, 11) is 2.04. The van der Waals surface area contributed by atoms with Crippen molar-refractivity contribution < 1.29 is 19.0 Å². The van der Waals surface area contributed by atoms with Gasteiger partial charge in [0, 0.05) is 37.8 Å². The van der Waals surface area contributed by atoms with Gasteiger partial charge in [0.1, 0.15) is 17.2 Å². The van der Waals surface area contributed by atoms with Crippen molar-refractivity contribution in [2.45, 2.75) is 6.92 Å². The van der Waals surface area contributed by atoms with E-state index in [-0.39, 0.29) is 10.6 Å². The fraction of sp³-hybridized carbons (Fsp3) is 0.300. The number of furan rings is 1. The molecule has 0 amide bonds. The highest BCUT2D eigenvalue weighted by molar-refractivity contribution is 6.24. The lowest BCUT2D eigenvalue weighted by molar-refractivity contribution is -0.384. The average molecular weight is 396 g/mol. The Morgan fingerprint density at radius 2 is 1.93 bits per heavy atom. The number of carbonyl (C=O) groups is 1. The topological polar surface area (TPSA) is 101 Å². The molecule has 0 N–H and O–H groups in total. The van der Waals surface area contributed by atoms with Crippen LogP contribution in [-0.4, -0.2) is 54.7 Å². The second kappa shape index (κ2) is 7.51. The standard InChI is InChI=1S/C20H20N4O5/c1-13-16(20(25)29-21-13)12-15-4-6-19(28-15)14-3-5-17(18(11-14)24(26)27)23-9-7-22(2)8-10-23/h3-6,11-12H,7-10H2,1-2H3/b16-12-. The lowest BCUT2D eigenvalue weighted by Crippen LogP contribution is -2.44. The third-order valence-electron chi connectivity index (χ3n) is 5.09. The molecule has 4 rings (SSSR count). The number of benzene rings is 1. The molecule has 0 atom stereocenters. The first kappa shape index (κ1) is 18.9. The maximum Gasteiger partial charge on any atom is 0.367 e. The zero-order valence-corrected chi connectivity index (χ0v) is 16.1. The molecule has 1 saturated heterocycles. The molecule has 0 spiro atoms. The number of hydrogen-bond acceptors (Lipinski definition) is 8. The van der Waals surface area contributed by atoms with Crippen LogP contribution in [0.15, 0.2) is 45.5 Å². The van der Waals surface area contributed by atoms with E-state index in [1.807, 2.05) is 18.0 Å². The Bertz CT molecular complexity index is 1030. The number of carbonyl (C=O) groups excluding carboxylic acids is 1. The van der Waals surface area contributed by atoms with Crippen LogP contribution < -0.4 is 4.90 Å². The molecular formula is C20H20N4O5. The molecular weight excluding hydrogens is 376 g/mol. The summed E-state index contributed by atoms with van der Waals surface area (Å²) in [5.74, 6) is 0.382. The minimum Gasteiger partial charge on any atom is -0.457 e. The summed E-state index contributed by atoms with van der Waals surface area (Å²) in [4.78, 5) is 31.8. The van der Waals surface area contributed by atoms with E-state index < -0.39 is 5.97 Å². The van der Waals surface area contributed by atoms with Gasteiger partial charge in [-0.1, -0.05) is 5.16 Å². The van der Waals surface area contributed by atoms with Gasteiger partial charge in [0.25, 0.3) is 5.69 Å². The van der Waals surface area contributed by atoms with E-state index in [1.54, 1.807) is 31.2 Å². The minimum atomic E-state index is -0.535. The Hall–Kier alpha value is -3.46. The predicted octanol–water partition coefficient (Wildman–Crippen LogP) is 2.92. The fourth-order valence-corrected chi connectivity index (χ4v) is 3.38. The predicted molar refractivity (Wildman–Crippen MR) is 108 cm³/mol. The Kier molecular flexibility index (Phi) is 4.89. The average Bonchev–Trinajstić information content (AvgIpc) is 3.30. The monoisotopic (exact) mass is 396 g/mol. The summed E-state index contributed by atoms with van der Waals surface area (Å²) in [6.45, 7) is 4.87. The van der Waals surface area contributed by atoms with Gasteiger partial charge in [-0.05, 0) is 44.3 Å². The van der Waals surface area contributed by atoms with Crippen molar-refractivity contribution in [1.29, 1.82) is 0 Å². The van der Waals surface area contributed by atoms with Gasteiger partial charge in [0.2, 0.25) is 0 Å². The molecule has 9 nitrogen and oxygen atoms in total. The molecule has 0 bridgehead atoms. The summed E-state index contributed by atoms with van der Waals surface area (Å²) in [6, 6.07) is 8.52. The van der Waals surface area contributed by atoms with Crippen molar-refractivity contribution in [3.8, 4) is 11.3 Å². The smallest absolute Gasteiger partial charge is 0.367 e. The van der Waals surface area contributed by atoms with Gasteiger partial charge >= 0.3 is 5.97 Å². The quantitative estimate of drug-likeness (QED) is 0.339. The first-order valence-electron chi connectivity index (χ1n) is 9.22. The van der Waals surface area contributed by atoms with Crippen LogP contribution in [-0.2, 0) is 9.63 Å². The number of likely N-dealkylation sites (N-methyl/N-ethyl adjacent to an activating group) is 1. The van der Waals surface area contributed by atoms with Gasteiger partial charge in [-0.15, -0.1) is 0 Å². The largest absolute Gasteiger partial charge is 0.457 e. The number of hydrogen-bond donors (Lipinski definition) is 0. The van der Waals surface area contributed by atoms with E-state index in [1.165, 1.54) is 6.07 Å². The van der Waals surface area contributed by atoms with Crippen molar-refractivity contribution in [2.75, 3.05) is 38.1 Å². The van der Waals surface area contributed by atoms with E-state index in [4.69, 9.17) is 4.42 Å². The normalized spacial score (nSPS) is 18.8. The highest BCUT2D eigenvalue weighted by atomic mass is 16.7. The van der Waals surface area contributed by atoms with Crippen LogP contribution in [0.5, 0.6) is 0 Å². The van der Waals surface area contributed by atoms with Crippen LogP contribution >= 0.6 is 0 Å². The third kappa shape index (κ3) is 3.77. The van der Waals surface area contributed by atoms with E-state index in [0.717, 1.165) is 26.2 Å². The van der Waals surface area contributed by atoms with Gasteiger partial charge < -0.3 is 19.1 Å². The lowest BCUT2D eigenvalue weighted by Gasteiger charge is -2.33. The molecule has 1 fully saturated rings. The summed E-state index contributed by atoms with van der Waals surface area (Å²) in [6.07, 6.45) is 1.55. The van der Waals surface area contributed by atoms with Crippen LogP contribution in [0.25, 0.3) is 17.4 Å². The lowest BCUT2D eigenvalue weighted by atomic mass is 10.1. The molecule has 0 unspecified atom stereocenters. The molecule has 0 radical (unpaired) electrons. The fourth-order valence-electron chi connectivity index (χ4n) is 3.38. The highest BCUT2D eigenvalue weighted by Crippen LogP contribution is 2.34. The van der Waals surface area contributed by atoms with E-state index in [2.05, 4.69) is 14.9 Å². The van der Waals surface area contributed by atoms with Crippen molar-refractivity contribution in [3.05, 3.63) is 51.8 Å². The number of rotatable bonds is 4. The number of piperazine rings is 1. The van der Waals surface area contributed by atoms with Crippen molar-refractivity contribution >= 4 is 29.1 Å². The molecule has 2 aliphatic heterocycles. The summed E-state index contributed by atoms with van der Waals surface area (Å²) < 4.78 is 5.78. The van der Waals surface area contributed by atoms with Crippen molar-refractivity contribution in [3.63, 3.8) is 0 Å². The zero-order chi connectivity index (χ0) is 20.5. The van der Waals surface area contributed by atoms with Crippen molar-refractivity contribution in [1.82, 2.24) is 4.90 Å². The molecule has 1 aromatic heterocycles. The van der Waals surface area contributed by atoms with Gasteiger partial charge in [-0.2, -0.15) is 0 Å². The third-order valence-corrected chi connectivity index (χ3v) is 5.09. The van der Waals surface area contributed by atoms with Gasteiger partial charge in [0.15, 0.2) is 0 Å². The van der Waals surface area contributed by atoms with Crippen molar-refractivity contribution in [2.24, 2.45) is 5.16 Å². The molecule has 0 aliphatic carbocycles. The first-order valence-corrected chi connectivity index (χ1v) is 9.22. The van der Waals surface area contributed by atoms with Crippen LogP contribution in [0.2, 0.25) is 0 Å². The number of nitrogens with zero attached hydrogens (tertiary/aromatic N) is 4. The first-order chi connectivity index (χ1) is 13.9. The molecule has 1 aromatic carbocycles. The number of oxime groups is 1. The Labute approximate surface area is 167 Å². The van der Waals surface area contributed by atoms with Crippen LogP contribution in [0.3, 0.4) is 0 Å². The van der Waals surface area contributed by atoms with Gasteiger partial charge in [-0.3, -0.25) is 10.1 Å². The molecule has 29 heavy (non-hydrogen) atoms. The van der Waals surface area contributed by atoms with Crippen LogP contribution in [0, 0.1) is 10.1 Å². The second-order valence-corrected chi connectivity index (χ2v) is 7.07. The minimum absolute atomic E-state index is 0.0470. The highest BCUT2D eigenvalue weighted by Gasteiger charge is 2.25. The summed E-state index contributed by atoms with van der Waals surface area (Å²) in [5, 5.41) is 15.3.